The van der Waals surface area contributed by atoms with Crippen LogP contribution in [0.1, 0.15) is 64.4 Å². The second kappa shape index (κ2) is 9.49. The summed E-state index contributed by atoms with van der Waals surface area (Å²) in [6.07, 6.45) is 0.969. The molecule has 3 unspecified atom stereocenters. The summed E-state index contributed by atoms with van der Waals surface area (Å²) in [6.45, 7) is 14.6. The number of carboxylic acid groups (broad SMARTS) is 1. The second-order valence-corrected chi connectivity index (χ2v) is 11.4. The monoisotopic (exact) mass is 477 g/mol. The van der Waals surface area contributed by atoms with E-state index in [0.29, 0.717) is 22.5 Å². The smallest absolute Gasteiger partial charge is 0.326 e. The van der Waals surface area contributed by atoms with Gasteiger partial charge in [-0.15, -0.1) is 6.58 Å². The Morgan fingerprint density at radius 2 is 1.76 bits per heavy atom. The number of nitrogens with zero attached hydrogens (tertiary/aromatic N) is 1. The Kier molecular flexibility index (Phi) is 7.74. The quantitative estimate of drug-likeness (QED) is 0.377. The second-order valence-electron chi connectivity index (χ2n) is 9.61. The molecule has 0 saturated heterocycles. The molecular weight excluding hydrogens is 444 g/mol. The molecular formula is C25H33FNO5P. The third-order valence-electron chi connectivity index (χ3n) is 5.92. The fourth-order valence-electron chi connectivity index (χ4n) is 3.96. The lowest BCUT2D eigenvalue weighted by atomic mass is 9.75. The number of aromatic nitrogens is 1. The van der Waals surface area contributed by atoms with Crippen molar-refractivity contribution in [3.63, 3.8) is 0 Å². The Bertz CT molecular complexity index is 1070. The van der Waals surface area contributed by atoms with Gasteiger partial charge in [-0.3, -0.25) is 14.3 Å². The van der Waals surface area contributed by atoms with Crippen molar-refractivity contribution in [1.82, 2.24) is 4.98 Å². The van der Waals surface area contributed by atoms with Gasteiger partial charge in [-0.05, 0) is 42.2 Å². The minimum absolute atomic E-state index is 0.190. The van der Waals surface area contributed by atoms with Crippen LogP contribution in [0, 0.1) is 5.82 Å². The molecule has 0 fully saturated rings. The first kappa shape index (κ1) is 26.9. The Morgan fingerprint density at radius 1 is 1.21 bits per heavy atom. The van der Waals surface area contributed by atoms with Crippen molar-refractivity contribution in [1.29, 1.82) is 0 Å². The SMILES string of the molecule is C=CC(C(=O)O)([PH](=O)OC)C(C)(O)c1c(-c2ccc(F)cc2)cc(C(C)(C)C)nc1C(C)C. The molecule has 8 heteroatoms. The van der Waals surface area contributed by atoms with Crippen LogP contribution in [0.15, 0.2) is 43.0 Å². The van der Waals surface area contributed by atoms with Crippen molar-refractivity contribution < 1.29 is 28.5 Å². The standard InChI is InChI=1S/C25H33FNO5P/c1-9-25(22(28)29,33(31)32-8)24(7,30)20-18(16-10-12-17(26)13-11-16)14-19(23(4,5)6)27-21(20)15(2)3/h9-15,30,33H,1H2,2-8H3,(H,28,29). The van der Waals surface area contributed by atoms with E-state index < -0.39 is 30.6 Å². The Labute approximate surface area is 195 Å². The molecule has 2 N–H and O–H groups in total. The molecule has 0 aliphatic rings. The normalized spacial score (nSPS) is 16.7. The Balaban J connectivity index is 3.13. The first-order chi connectivity index (χ1) is 15.1. The maximum absolute atomic E-state index is 13.7. The molecule has 33 heavy (non-hydrogen) atoms. The Hall–Kier alpha value is -2.34. The van der Waals surface area contributed by atoms with E-state index >= 15 is 0 Å². The number of halogens is 1. The van der Waals surface area contributed by atoms with Gasteiger partial charge >= 0.3 is 5.97 Å². The number of aliphatic hydroxyl groups is 1. The first-order valence-electron chi connectivity index (χ1n) is 10.6. The number of aliphatic carboxylic acids is 1. The Morgan fingerprint density at radius 3 is 2.15 bits per heavy atom. The van der Waals surface area contributed by atoms with Gasteiger partial charge in [0.25, 0.3) is 0 Å². The average molecular weight is 478 g/mol. The van der Waals surface area contributed by atoms with Gasteiger partial charge in [-0.1, -0.05) is 52.8 Å². The summed E-state index contributed by atoms with van der Waals surface area (Å²) < 4.78 is 31.7. The molecule has 0 radical (unpaired) electrons. The van der Waals surface area contributed by atoms with Gasteiger partial charge in [0.1, 0.15) is 11.4 Å². The minimum atomic E-state index is -3.37. The lowest BCUT2D eigenvalue weighted by Gasteiger charge is -2.41. The molecule has 3 atom stereocenters. The lowest BCUT2D eigenvalue weighted by Crippen LogP contribution is -2.52. The highest BCUT2D eigenvalue weighted by molar-refractivity contribution is 7.43. The van der Waals surface area contributed by atoms with E-state index in [9.17, 15) is 24.0 Å². The summed E-state index contributed by atoms with van der Waals surface area (Å²) in [5.41, 5.74) is -0.224. The van der Waals surface area contributed by atoms with Crippen LogP contribution in [0.2, 0.25) is 0 Å². The van der Waals surface area contributed by atoms with Gasteiger partial charge < -0.3 is 14.7 Å². The zero-order chi connectivity index (χ0) is 25.4. The van der Waals surface area contributed by atoms with Gasteiger partial charge in [0.05, 0.1) is 0 Å². The summed E-state index contributed by atoms with van der Waals surface area (Å²) in [4.78, 5) is 17.3. The zero-order valence-corrected chi connectivity index (χ0v) is 21.2. The van der Waals surface area contributed by atoms with Gasteiger partial charge in [-0.2, -0.15) is 0 Å². The number of pyridine rings is 1. The number of hydrogen-bond donors (Lipinski definition) is 2. The maximum Gasteiger partial charge on any atom is 0.326 e. The van der Waals surface area contributed by atoms with Crippen LogP contribution in [0.25, 0.3) is 11.1 Å². The van der Waals surface area contributed by atoms with Crippen LogP contribution in [-0.4, -0.2) is 33.4 Å². The minimum Gasteiger partial charge on any atom is -0.480 e. The number of rotatable bonds is 8. The fourth-order valence-corrected chi connectivity index (χ4v) is 5.14. The van der Waals surface area contributed by atoms with Crippen LogP contribution in [0.3, 0.4) is 0 Å². The van der Waals surface area contributed by atoms with Crippen LogP contribution in [0.5, 0.6) is 0 Å². The third kappa shape index (κ3) is 4.68. The molecule has 2 rings (SSSR count). The van der Waals surface area contributed by atoms with Crippen molar-refractivity contribution in [2.24, 2.45) is 0 Å². The molecule has 180 valence electrons. The van der Waals surface area contributed by atoms with E-state index in [0.717, 1.165) is 13.2 Å². The molecule has 1 aromatic carbocycles. The molecule has 0 aliphatic heterocycles. The zero-order valence-electron chi connectivity index (χ0n) is 20.2. The predicted molar refractivity (Wildman–Crippen MR) is 129 cm³/mol. The average Bonchev–Trinajstić information content (AvgIpc) is 2.72. The third-order valence-corrected chi connectivity index (χ3v) is 7.84. The molecule has 0 spiro atoms. The highest BCUT2D eigenvalue weighted by atomic mass is 31.1. The number of benzene rings is 1. The molecule has 1 heterocycles. The summed E-state index contributed by atoms with van der Waals surface area (Å²) in [7, 11) is -2.24. The topological polar surface area (TPSA) is 96.7 Å². The molecule has 0 aliphatic carbocycles. The van der Waals surface area contributed by atoms with Gasteiger partial charge in [0.2, 0.25) is 8.03 Å². The van der Waals surface area contributed by atoms with Crippen molar-refractivity contribution in [2.45, 2.75) is 63.6 Å². The summed E-state index contributed by atoms with van der Waals surface area (Å²) in [6, 6.07) is 7.45. The molecule has 2 aromatic rings. The highest BCUT2D eigenvalue weighted by Crippen LogP contribution is 2.55. The number of carbonyl (C=O) groups is 1. The van der Waals surface area contributed by atoms with Crippen LogP contribution in [-0.2, 0) is 24.9 Å². The molecule has 1 aromatic heterocycles. The number of hydrogen-bond acceptors (Lipinski definition) is 5. The van der Waals surface area contributed by atoms with E-state index in [1.165, 1.54) is 19.1 Å². The molecule has 6 nitrogen and oxygen atoms in total. The molecule has 0 saturated carbocycles. The van der Waals surface area contributed by atoms with Crippen LogP contribution >= 0.6 is 8.03 Å². The molecule has 0 amide bonds. The van der Waals surface area contributed by atoms with Crippen LogP contribution < -0.4 is 0 Å². The van der Waals surface area contributed by atoms with Crippen molar-refractivity contribution in [2.75, 3.05) is 7.11 Å². The van der Waals surface area contributed by atoms with E-state index in [2.05, 4.69) is 6.58 Å². The van der Waals surface area contributed by atoms with E-state index in [4.69, 9.17) is 9.51 Å². The van der Waals surface area contributed by atoms with Crippen LogP contribution in [0.4, 0.5) is 4.39 Å². The summed E-state index contributed by atoms with van der Waals surface area (Å²) >= 11 is 0. The fraction of sp³-hybridized carbons (Fsp3) is 0.440. The largest absolute Gasteiger partial charge is 0.480 e. The predicted octanol–water partition coefficient (Wildman–Crippen LogP) is 5.65. The van der Waals surface area contributed by atoms with Gasteiger partial charge in [0, 0.05) is 29.5 Å². The van der Waals surface area contributed by atoms with Gasteiger partial charge in [-0.25, -0.2) is 4.39 Å². The highest BCUT2D eigenvalue weighted by Gasteiger charge is 2.59. The first-order valence-corrected chi connectivity index (χ1v) is 12.0. The van der Waals surface area contributed by atoms with Crippen molar-refractivity contribution >= 4 is 14.0 Å². The molecule has 0 bridgehead atoms. The van der Waals surface area contributed by atoms with E-state index in [1.54, 1.807) is 18.2 Å². The van der Waals surface area contributed by atoms with Crippen molar-refractivity contribution in [3.05, 3.63) is 65.8 Å². The summed E-state index contributed by atoms with van der Waals surface area (Å²) in [5, 5.41) is 19.8. The van der Waals surface area contributed by atoms with Gasteiger partial charge in [0.15, 0.2) is 5.16 Å². The van der Waals surface area contributed by atoms with E-state index in [-0.39, 0.29) is 16.9 Å². The van der Waals surface area contributed by atoms with E-state index in [1.807, 2.05) is 34.6 Å². The lowest BCUT2D eigenvalue weighted by molar-refractivity contribution is -0.146. The number of carboxylic acids is 1. The van der Waals surface area contributed by atoms with Crippen molar-refractivity contribution in [3.8, 4) is 11.1 Å². The maximum atomic E-state index is 13.7. The summed E-state index contributed by atoms with van der Waals surface area (Å²) in [5.74, 6) is -2.20.